The number of esters is 1. The summed E-state index contributed by atoms with van der Waals surface area (Å²) in [6.45, 7) is 0.273. The number of carbonyl (C=O) groups is 1. The van der Waals surface area contributed by atoms with E-state index in [1.807, 2.05) is 16.8 Å². The Kier molecular flexibility index (Phi) is 3.84. The first-order valence-corrected chi connectivity index (χ1v) is 6.26. The molecule has 1 aromatic heterocycles. The number of ether oxygens (including phenoxy) is 2. The van der Waals surface area contributed by atoms with E-state index in [-0.39, 0.29) is 12.6 Å². The van der Waals surface area contributed by atoms with E-state index in [0.717, 1.165) is 5.56 Å². The molecule has 2 rings (SSSR count). The fraction of sp³-hybridized carbons (Fsp3) is 0.154. The Labute approximate surface area is 109 Å². The van der Waals surface area contributed by atoms with Gasteiger partial charge in [0.2, 0.25) is 0 Å². The Bertz CT molecular complexity index is 537. The highest BCUT2D eigenvalue weighted by Gasteiger charge is 2.10. The molecule has 1 aromatic carbocycles. The third kappa shape index (κ3) is 2.81. The molecule has 2 aromatic rings. The quantitative estimate of drug-likeness (QED) is 0.680. The molecular weight excluding hydrogens is 250 g/mol. The molecule has 0 spiro atoms. The lowest BCUT2D eigenvalue weighted by Crippen LogP contribution is -2.05. The lowest BCUT2D eigenvalue weighted by molar-refractivity contribution is 0.0473. The molecule has 4 nitrogen and oxygen atoms in total. The van der Waals surface area contributed by atoms with Crippen molar-refractivity contribution >= 4 is 23.0 Å². The number of carbonyl (C=O) groups excluding carboxylic acids is 1. The zero-order chi connectivity index (χ0) is 13.0. The van der Waals surface area contributed by atoms with E-state index >= 15 is 0 Å². The molecule has 0 radical (unpaired) electrons. The van der Waals surface area contributed by atoms with Gasteiger partial charge in [0.15, 0.2) is 0 Å². The van der Waals surface area contributed by atoms with Crippen molar-refractivity contribution in [1.82, 2.24) is 0 Å². The molecule has 0 saturated carbocycles. The molecule has 0 bridgehead atoms. The number of nitrogens with two attached hydrogens (primary N) is 1. The van der Waals surface area contributed by atoms with E-state index < -0.39 is 0 Å². The minimum atomic E-state index is -0.389. The summed E-state index contributed by atoms with van der Waals surface area (Å²) < 4.78 is 10.2. The Morgan fingerprint density at radius 1 is 1.39 bits per heavy atom. The number of hydrogen-bond acceptors (Lipinski definition) is 5. The second-order valence-corrected chi connectivity index (χ2v) is 4.44. The highest BCUT2D eigenvalue weighted by molar-refractivity contribution is 7.07. The van der Waals surface area contributed by atoms with Gasteiger partial charge in [0, 0.05) is 5.56 Å². The van der Waals surface area contributed by atoms with E-state index in [2.05, 4.69) is 0 Å². The van der Waals surface area contributed by atoms with Gasteiger partial charge < -0.3 is 15.2 Å². The molecule has 18 heavy (non-hydrogen) atoms. The molecule has 0 atom stereocenters. The lowest BCUT2D eigenvalue weighted by Gasteiger charge is -2.07. The van der Waals surface area contributed by atoms with Gasteiger partial charge in [0.25, 0.3) is 0 Å². The van der Waals surface area contributed by atoms with Gasteiger partial charge in [-0.1, -0.05) is 0 Å². The summed E-state index contributed by atoms with van der Waals surface area (Å²) in [7, 11) is 1.51. The van der Waals surface area contributed by atoms with Crippen molar-refractivity contribution in [2.24, 2.45) is 0 Å². The SMILES string of the molecule is COc1cc(C(=O)OCc2ccsc2)ccc1N. The molecule has 2 N–H and O–H groups in total. The molecule has 0 amide bonds. The number of methoxy groups -OCH3 is 1. The highest BCUT2D eigenvalue weighted by atomic mass is 32.1. The molecule has 94 valence electrons. The predicted molar refractivity (Wildman–Crippen MR) is 70.8 cm³/mol. The fourth-order valence-electron chi connectivity index (χ4n) is 1.45. The number of nitrogen functional groups attached to an aromatic ring is 1. The van der Waals surface area contributed by atoms with Crippen LogP contribution in [-0.4, -0.2) is 13.1 Å². The van der Waals surface area contributed by atoms with Crippen LogP contribution in [0.25, 0.3) is 0 Å². The van der Waals surface area contributed by atoms with Crippen LogP contribution in [0.2, 0.25) is 0 Å². The summed E-state index contributed by atoms with van der Waals surface area (Å²) in [5.74, 6) is 0.0829. The fourth-order valence-corrected chi connectivity index (χ4v) is 2.10. The number of benzene rings is 1. The van der Waals surface area contributed by atoms with Crippen LogP contribution in [0.4, 0.5) is 5.69 Å². The summed E-state index contributed by atoms with van der Waals surface area (Å²) in [6, 6.07) is 6.74. The van der Waals surface area contributed by atoms with E-state index in [9.17, 15) is 4.79 Å². The Morgan fingerprint density at radius 3 is 2.89 bits per heavy atom. The number of anilines is 1. The van der Waals surface area contributed by atoms with Gasteiger partial charge in [-0.25, -0.2) is 4.79 Å². The topological polar surface area (TPSA) is 61.5 Å². The first-order chi connectivity index (χ1) is 8.70. The second kappa shape index (κ2) is 5.55. The van der Waals surface area contributed by atoms with Crippen LogP contribution in [0.5, 0.6) is 5.75 Å². The van der Waals surface area contributed by atoms with E-state index in [0.29, 0.717) is 17.0 Å². The third-order valence-corrected chi connectivity index (χ3v) is 3.15. The molecular formula is C13H13NO3S. The average molecular weight is 263 g/mol. The molecule has 0 aliphatic rings. The molecule has 0 aliphatic heterocycles. The molecule has 0 aliphatic carbocycles. The first-order valence-electron chi connectivity index (χ1n) is 5.32. The zero-order valence-corrected chi connectivity index (χ0v) is 10.7. The van der Waals surface area contributed by atoms with Crippen LogP contribution in [-0.2, 0) is 11.3 Å². The molecule has 0 fully saturated rings. The normalized spacial score (nSPS) is 10.1. The van der Waals surface area contributed by atoms with Crippen LogP contribution in [0.1, 0.15) is 15.9 Å². The van der Waals surface area contributed by atoms with E-state index in [1.54, 1.807) is 29.5 Å². The zero-order valence-electron chi connectivity index (χ0n) is 9.88. The summed E-state index contributed by atoms with van der Waals surface area (Å²) in [5, 5.41) is 3.88. The van der Waals surface area contributed by atoms with Crippen LogP contribution < -0.4 is 10.5 Å². The van der Waals surface area contributed by atoms with Crippen molar-refractivity contribution < 1.29 is 14.3 Å². The maximum Gasteiger partial charge on any atom is 0.338 e. The predicted octanol–water partition coefficient (Wildman–Crippen LogP) is 2.70. The van der Waals surface area contributed by atoms with Crippen molar-refractivity contribution in [2.45, 2.75) is 6.61 Å². The molecule has 5 heteroatoms. The molecule has 1 heterocycles. The maximum absolute atomic E-state index is 11.8. The van der Waals surface area contributed by atoms with E-state index in [4.69, 9.17) is 15.2 Å². The monoisotopic (exact) mass is 263 g/mol. The maximum atomic E-state index is 11.8. The number of rotatable bonds is 4. The van der Waals surface area contributed by atoms with Crippen LogP contribution >= 0.6 is 11.3 Å². The van der Waals surface area contributed by atoms with Crippen molar-refractivity contribution in [3.63, 3.8) is 0 Å². The average Bonchev–Trinajstić information content (AvgIpc) is 2.89. The largest absolute Gasteiger partial charge is 0.495 e. The van der Waals surface area contributed by atoms with Gasteiger partial charge in [0.05, 0.1) is 18.4 Å². The summed E-state index contributed by atoms with van der Waals surface area (Å²) in [5.41, 5.74) is 7.58. The molecule has 0 unspecified atom stereocenters. The summed E-state index contributed by atoms with van der Waals surface area (Å²) in [4.78, 5) is 11.8. The van der Waals surface area contributed by atoms with Crippen LogP contribution in [0.15, 0.2) is 35.0 Å². The van der Waals surface area contributed by atoms with Gasteiger partial charge in [-0.15, -0.1) is 0 Å². The van der Waals surface area contributed by atoms with Crippen molar-refractivity contribution in [1.29, 1.82) is 0 Å². The standard InChI is InChI=1S/C13H13NO3S/c1-16-12-6-10(2-3-11(12)14)13(15)17-7-9-4-5-18-8-9/h2-6,8H,7,14H2,1H3. The third-order valence-electron chi connectivity index (χ3n) is 2.42. The van der Waals surface area contributed by atoms with Crippen molar-refractivity contribution in [2.75, 3.05) is 12.8 Å². The molecule has 0 saturated heterocycles. The minimum Gasteiger partial charge on any atom is -0.495 e. The van der Waals surface area contributed by atoms with Gasteiger partial charge in [-0.3, -0.25) is 0 Å². The Balaban J connectivity index is 2.04. The summed E-state index contributed by atoms with van der Waals surface area (Å²) in [6.07, 6.45) is 0. The van der Waals surface area contributed by atoms with Gasteiger partial charge in [-0.2, -0.15) is 11.3 Å². The van der Waals surface area contributed by atoms with Gasteiger partial charge in [-0.05, 0) is 35.0 Å². The second-order valence-electron chi connectivity index (χ2n) is 3.66. The number of thiophene rings is 1. The van der Waals surface area contributed by atoms with E-state index in [1.165, 1.54) is 7.11 Å². The van der Waals surface area contributed by atoms with Crippen LogP contribution in [0, 0.1) is 0 Å². The lowest BCUT2D eigenvalue weighted by atomic mass is 10.2. The van der Waals surface area contributed by atoms with Crippen LogP contribution in [0.3, 0.4) is 0 Å². The van der Waals surface area contributed by atoms with Gasteiger partial charge in [0.1, 0.15) is 12.4 Å². The number of hydrogen-bond donors (Lipinski definition) is 1. The Hall–Kier alpha value is -2.01. The smallest absolute Gasteiger partial charge is 0.338 e. The van der Waals surface area contributed by atoms with Crippen molar-refractivity contribution in [3.8, 4) is 5.75 Å². The minimum absolute atomic E-state index is 0.273. The van der Waals surface area contributed by atoms with Crippen molar-refractivity contribution in [3.05, 3.63) is 46.2 Å². The van der Waals surface area contributed by atoms with Gasteiger partial charge >= 0.3 is 5.97 Å². The first kappa shape index (κ1) is 12.4. The summed E-state index contributed by atoms with van der Waals surface area (Å²) >= 11 is 1.57. The highest BCUT2D eigenvalue weighted by Crippen LogP contribution is 2.22. The Morgan fingerprint density at radius 2 is 2.22 bits per heavy atom.